The number of allylic oxidation sites excluding steroid dienone is 2. The molecule has 4 aromatic rings. The average molecular weight is 449 g/mol. The number of benzene rings is 3. The van der Waals surface area contributed by atoms with Crippen LogP contribution in [-0.2, 0) is 0 Å². The van der Waals surface area contributed by atoms with Crippen LogP contribution in [0.2, 0.25) is 0 Å². The Kier molecular flexibility index (Phi) is 4.99. The zero-order chi connectivity index (χ0) is 23.8. The third-order valence-corrected chi connectivity index (χ3v) is 6.72. The number of hydrogen-bond acceptors (Lipinski definition) is 4. The Morgan fingerprint density at radius 2 is 1.46 bits per heavy atom. The second-order valence-electron chi connectivity index (χ2n) is 8.68. The number of para-hydroxylation sites is 1. The predicted octanol–water partition coefficient (Wildman–Crippen LogP) is 6.89. The number of hydrogen-bond donors (Lipinski definition) is 0. The third kappa shape index (κ3) is 3.50. The molecule has 164 valence electrons. The lowest BCUT2D eigenvalue weighted by Crippen LogP contribution is -2.28. The van der Waals surface area contributed by atoms with Crippen LogP contribution in [0.25, 0.3) is 22.4 Å². The van der Waals surface area contributed by atoms with Gasteiger partial charge in [-0.25, -0.2) is 0 Å². The molecule has 1 aliphatic carbocycles. The van der Waals surface area contributed by atoms with Gasteiger partial charge in [0.25, 0.3) is 0 Å². The van der Waals surface area contributed by atoms with Crippen LogP contribution in [0.1, 0.15) is 22.6 Å². The smallest absolute Gasteiger partial charge is 0.0992 e. The first-order valence-corrected chi connectivity index (χ1v) is 11.5. The molecule has 0 amide bonds. The summed E-state index contributed by atoms with van der Waals surface area (Å²) in [6.07, 6.45) is 10.3. The number of fused-ring (bicyclic) bond motifs is 3. The van der Waals surface area contributed by atoms with Crippen LogP contribution in [0.15, 0.2) is 109 Å². The van der Waals surface area contributed by atoms with E-state index in [9.17, 15) is 10.5 Å². The molecule has 4 nitrogen and oxygen atoms in total. The van der Waals surface area contributed by atoms with E-state index in [2.05, 4.69) is 101 Å². The van der Waals surface area contributed by atoms with Crippen LogP contribution >= 0.6 is 0 Å². The van der Waals surface area contributed by atoms with Gasteiger partial charge >= 0.3 is 0 Å². The fourth-order valence-electron chi connectivity index (χ4n) is 5.10. The molecular formula is C31H20N4. The van der Waals surface area contributed by atoms with Crippen molar-refractivity contribution >= 4 is 11.4 Å². The highest BCUT2D eigenvalue weighted by Crippen LogP contribution is 2.50. The Bertz CT molecular complexity index is 1580. The molecule has 3 aromatic carbocycles. The van der Waals surface area contributed by atoms with E-state index >= 15 is 0 Å². The number of aromatic nitrogens is 1. The van der Waals surface area contributed by atoms with Crippen LogP contribution in [0.4, 0.5) is 11.4 Å². The van der Waals surface area contributed by atoms with E-state index in [1.54, 1.807) is 12.3 Å². The lowest BCUT2D eigenvalue weighted by molar-refractivity contribution is 0.745. The number of nitriles is 2. The zero-order valence-corrected chi connectivity index (χ0v) is 18.8. The topological polar surface area (TPSA) is 63.7 Å². The van der Waals surface area contributed by atoms with Crippen molar-refractivity contribution in [2.45, 2.75) is 12.0 Å². The minimum absolute atomic E-state index is 0.155. The van der Waals surface area contributed by atoms with E-state index in [0.29, 0.717) is 11.1 Å². The second kappa shape index (κ2) is 8.45. The minimum atomic E-state index is 0.155. The average Bonchev–Trinajstić information content (AvgIpc) is 3.26. The molecule has 0 spiro atoms. The molecule has 1 aliphatic heterocycles. The van der Waals surface area contributed by atoms with E-state index in [-0.39, 0.29) is 12.0 Å². The van der Waals surface area contributed by atoms with Gasteiger partial charge < -0.3 is 4.90 Å². The summed E-state index contributed by atoms with van der Waals surface area (Å²) in [6, 6.07) is 30.9. The quantitative estimate of drug-likeness (QED) is 0.342. The van der Waals surface area contributed by atoms with Crippen molar-refractivity contribution in [3.05, 3.63) is 126 Å². The lowest BCUT2D eigenvalue weighted by Gasteiger charge is -2.30. The maximum atomic E-state index is 9.46. The summed E-state index contributed by atoms with van der Waals surface area (Å²) in [5.41, 5.74) is 8.73. The SMILES string of the molecule is N#Cc1ccnc(-c2ccc(-c3ccccc3N3c4ccc(C#N)cc4C4C=CC=CC43)cc2)c1. The van der Waals surface area contributed by atoms with Crippen molar-refractivity contribution in [3.8, 4) is 34.5 Å². The molecule has 0 saturated carbocycles. The van der Waals surface area contributed by atoms with Gasteiger partial charge in [-0.3, -0.25) is 4.98 Å². The number of anilines is 2. The molecule has 0 N–H and O–H groups in total. The van der Waals surface area contributed by atoms with Gasteiger partial charge in [0.2, 0.25) is 0 Å². The molecule has 4 heteroatoms. The first-order valence-electron chi connectivity index (χ1n) is 11.5. The molecule has 2 atom stereocenters. The normalized spacial score (nSPS) is 17.4. The summed E-state index contributed by atoms with van der Waals surface area (Å²) >= 11 is 0. The zero-order valence-electron chi connectivity index (χ0n) is 18.8. The summed E-state index contributed by atoms with van der Waals surface area (Å²) in [6.45, 7) is 0. The Labute approximate surface area is 204 Å². The third-order valence-electron chi connectivity index (χ3n) is 6.72. The monoisotopic (exact) mass is 448 g/mol. The van der Waals surface area contributed by atoms with Gasteiger partial charge in [-0.2, -0.15) is 10.5 Å². The van der Waals surface area contributed by atoms with Crippen LogP contribution < -0.4 is 4.90 Å². The van der Waals surface area contributed by atoms with Crippen molar-refractivity contribution in [2.24, 2.45) is 0 Å². The highest BCUT2D eigenvalue weighted by molar-refractivity contribution is 5.87. The van der Waals surface area contributed by atoms with Gasteiger partial charge in [0, 0.05) is 34.6 Å². The van der Waals surface area contributed by atoms with E-state index in [1.807, 2.05) is 18.2 Å². The second-order valence-corrected chi connectivity index (χ2v) is 8.68. The number of pyridine rings is 1. The van der Waals surface area contributed by atoms with E-state index in [1.165, 1.54) is 5.56 Å². The van der Waals surface area contributed by atoms with Gasteiger partial charge in [-0.15, -0.1) is 0 Å². The maximum Gasteiger partial charge on any atom is 0.0992 e. The Hall–Kier alpha value is -4.93. The molecule has 0 bridgehead atoms. The van der Waals surface area contributed by atoms with Crippen molar-refractivity contribution in [1.82, 2.24) is 4.98 Å². The summed E-state index contributed by atoms with van der Waals surface area (Å²) in [4.78, 5) is 6.82. The van der Waals surface area contributed by atoms with Crippen LogP contribution in [-0.4, -0.2) is 11.0 Å². The summed E-state index contributed by atoms with van der Waals surface area (Å²) in [7, 11) is 0. The highest BCUT2D eigenvalue weighted by Gasteiger charge is 2.38. The van der Waals surface area contributed by atoms with Crippen molar-refractivity contribution < 1.29 is 0 Å². The Balaban J connectivity index is 1.43. The molecule has 0 saturated heterocycles. The van der Waals surface area contributed by atoms with E-state index < -0.39 is 0 Å². The molecule has 2 unspecified atom stereocenters. The van der Waals surface area contributed by atoms with Gasteiger partial charge in [-0.05, 0) is 47.5 Å². The first-order chi connectivity index (χ1) is 17.3. The van der Waals surface area contributed by atoms with Gasteiger partial charge in [0.15, 0.2) is 0 Å². The maximum absolute atomic E-state index is 9.46. The molecule has 2 heterocycles. The van der Waals surface area contributed by atoms with Crippen LogP contribution in [0.5, 0.6) is 0 Å². The molecular weight excluding hydrogens is 428 g/mol. The highest BCUT2D eigenvalue weighted by atomic mass is 15.2. The fraction of sp³-hybridized carbons (Fsp3) is 0.0645. The van der Waals surface area contributed by atoms with Gasteiger partial charge in [-0.1, -0.05) is 66.8 Å². The van der Waals surface area contributed by atoms with E-state index in [4.69, 9.17) is 0 Å². The van der Waals surface area contributed by atoms with Crippen molar-refractivity contribution in [2.75, 3.05) is 4.90 Å². The van der Waals surface area contributed by atoms with Crippen LogP contribution in [0.3, 0.4) is 0 Å². The Morgan fingerprint density at radius 3 is 2.29 bits per heavy atom. The molecule has 1 aromatic heterocycles. The van der Waals surface area contributed by atoms with E-state index in [0.717, 1.165) is 33.8 Å². The standard InChI is InChI=1S/C31H20N4/c32-19-21-9-14-31-27(17-21)26-6-2-4-8-30(26)35(31)29-7-3-1-5-25(29)23-10-12-24(13-11-23)28-18-22(20-33)15-16-34-28/h1-18,26,30H. The molecule has 0 fully saturated rings. The van der Waals surface area contributed by atoms with Gasteiger partial charge in [0.1, 0.15) is 0 Å². The van der Waals surface area contributed by atoms with Crippen molar-refractivity contribution in [3.63, 3.8) is 0 Å². The van der Waals surface area contributed by atoms with Crippen molar-refractivity contribution in [1.29, 1.82) is 10.5 Å². The lowest BCUT2D eigenvalue weighted by atomic mass is 9.90. The summed E-state index contributed by atoms with van der Waals surface area (Å²) in [5, 5.41) is 18.7. The molecule has 6 rings (SSSR count). The molecule has 2 aliphatic rings. The predicted molar refractivity (Wildman–Crippen MR) is 138 cm³/mol. The number of rotatable bonds is 3. The number of nitrogens with zero attached hydrogens (tertiary/aromatic N) is 4. The fourth-order valence-corrected chi connectivity index (χ4v) is 5.10. The summed E-state index contributed by atoms with van der Waals surface area (Å²) < 4.78 is 0. The summed E-state index contributed by atoms with van der Waals surface area (Å²) in [5.74, 6) is 0.206. The molecule has 0 radical (unpaired) electrons. The largest absolute Gasteiger partial charge is 0.333 e. The minimum Gasteiger partial charge on any atom is -0.333 e. The first kappa shape index (κ1) is 20.7. The Morgan fingerprint density at radius 1 is 0.714 bits per heavy atom. The van der Waals surface area contributed by atoms with Gasteiger partial charge in [0.05, 0.1) is 35.0 Å². The van der Waals surface area contributed by atoms with Crippen LogP contribution in [0, 0.1) is 22.7 Å². The molecule has 35 heavy (non-hydrogen) atoms.